The van der Waals surface area contributed by atoms with E-state index in [1.165, 1.54) is 4.90 Å². The molecule has 0 saturated carbocycles. The molecule has 5 nitrogen and oxygen atoms in total. The third kappa shape index (κ3) is 3.17. The van der Waals surface area contributed by atoms with E-state index in [-0.39, 0.29) is 24.1 Å². The number of nitriles is 1. The van der Waals surface area contributed by atoms with Crippen molar-refractivity contribution < 1.29 is 8.42 Å². The second kappa shape index (κ2) is 5.76. The quantitative estimate of drug-likeness (QED) is 0.786. The summed E-state index contributed by atoms with van der Waals surface area (Å²) in [5.74, 6) is 0. The Morgan fingerprint density at radius 1 is 1.47 bits per heavy atom. The van der Waals surface area contributed by atoms with Gasteiger partial charge in [0.25, 0.3) is 0 Å². The summed E-state index contributed by atoms with van der Waals surface area (Å²) in [7, 11) is -3.75. The van der Waals surface area contributed by atoms with Crippen molar-refractivity contribution in [3.63, 3.8) is 0 Å². The highest BCUT2D eigenvalue weighted by atomic mass is 79.9. The maximum Gasteiger partial charge on any atom is 0.244 e. The zero-order valence-corrected chi connectivity index (χ0v) is 14.1. The van der Waals surface area contributed by atoms with Crippen LogP contribution in [0.15, 0.2) is 9.37 Å². The Hall–Kier alpha value is -0.0400. The van der Waals surface area contributed by atoms with Crippen LogP contribution in [0.25, 0.3) is 0 Å². The van der Waals surface area contributed by atoms with Crippen LogP contribution in [-0.4, -0.2) is 32.4 Å². The van der Waals surface area contributed by atoms with Gasteiger partial charge in [-0.3, -0.25) is 0 Å². The molecule has 1 fully saturated rings. The highest BCUT2D eigenvalue weighted by Crippen LogP contribution is 2.42. The van der Waals surface area contributed by atoms with E-state index in [1.54, 1.807) is 0 Å². The van der Waals surface area contributed by atoms with Gasteiger partial charge in [-0.15, -0.1) is 11.3 Å². The number of rotatable bonds is 3. The number of nitrogens with one attached hydrogen (secondary N) is 1. The summed E-state index contributed by atoms with van der Waals surface area (Å²) >= 11 is 15.9. The van der Waals surface area contributed by atoms with E-state index in [1.807, 2.05) is 6.19 Å². The molecule has 0 aromatic carbocycles. The first kappa shape index (κ1) is 15.4. The zero-order chi connectivity index (χ0) is 14.2. The minimum atomic E-state index is -3.75. The van der Waals surface area contributed by atoms with Crippen LogP contribution in [0.4, 0.5) is 0 Å². The molecule has 19 heavy (non-hydrogen) atoms. The summed E-state index contributed by atoms with van der Waals surface area (Å²) in [5.41, 5.74) is 0. The maximum absolute atomic E-state index is 12.3. The fraction of sp³-hybridized carbons (Fsp3) is 0.444. The molecule has 0 radical (unpaired) electrons. The lowest BCUT2D eigenvalue weighted by Gasteiger charge is -2.12. The lowest BCUT2D eigenvalue weighted by Crippen LogP contribution is -2.36. The fourth-order valence-electron chi connectivity index (χ4n) is 1.79. The predicted molar refractivity (Wildman–Crippen MR) is 78.0 cm³/mol. The Morgan fingerprint density at radius 2 is 2.16 bits per heavy atom. The highest BCUT2D eigenvalue weighted by Gasteiger charge is 2.31. The van der Waals surface area contributed by atoms with Crippen LogP contribution in [-0.2, 0) is 10.0 Å². The molecule has 0 amide bonds. The SMILES string of the molecule is N#CN1CCC(NS(=O)(=O)c2c(Cl)sc(Cl)c2Br)C1. The summed E-state index contributed by atoms with van der Waals surface area (Å²) in [6.45, 7) is 0.909. The minimum absolute atomic E-state index is 0.0421. The van der Waals surface area contributed by atoms with Gasteiger partial charge in [0.05, 0.1) is 4.47 Å². The number of likely N-dealkylation sites (tertiary alicyclic amines) is 1. The van der Waals surface area contributed by atoms with Crippen molar-refractivity contribution in [2.45, 2.75) is 17.4 Å². The summed E-state index contributed by atoms with van der Waals surface area (Å²) in [4.78, 5) is 1.46. The van der Waals surface area contributed by atoms with Crippen LogP contribution in [0.2, 0.25) is 8.67 Å². The smallest absolute Gasteiger partial charge is 0.244 e. The molecule has 1 aliphatic rings. The van der Waals surface area contributed by atoms with Crippen molar-refractivity contribution in [3.8, 4) is 6.19 Å². The number of hydrogen-bond acceptors (Lipinski definition) is 5. The number of thiophene rings is 1. The van der Waals surface area contributed by atoms with Crippen molar-refractivity contribution in [3.05, 3.63) is 13.1 Å². The van der Waals surface area contributed by atoms with Gasteiger partial charge in [-0.25, -0.2) is 13.1 Å². The Kier molecular flexibility index (Phi) is 4.65. The normalized spacial score (nSPS) is 19.7. The molecular formula is C9H8BrCl2N3O2S2. The summed E-state index contributed by atoms with van der Waals surface area (Å²) < 4.78 is 27.7. The molecular weight excluding hydrogens is 397 g/mol. The molecule has 10 heteroatoms. The Labute approximate surface area is 133 Å². The molecule has 2 heterocycles. The van der Waals surface area contributed by atoms with Gasteiger partial charge in [-0.1, -0.05) is 23.2 Å². The first-order valence-electron chi connectivity index (χ1n) is 5.15. The second-order valence-corrected chi connectivity index (χ2v) is 8.61. The molecule has 0 bridgehead atoms. The molecule has 1 saturated heterocycles. The fourth-order valence-corrected chi connectivity index (χ4v) is 6.61. The summed E-state index contributed by atoms with van der Waals surface area (Å²) in [5, 5.41) is 8.75. The first-order chi connectivity index (χ1) is 8.85. The maximum atomic E-state index is 12.3. The van der Waals surface area contributed by atoms with Gasteiger partial charge in [-0.2, -0.15) is 5.26 Å². The lowest BCUT2D eigenvalue weighted by atomic mass is 10.3. The van der Waals surface area contributed by atoms with Gasteiger partial charge in [0.2, 0.25) is 10.0 Å². The van der Waals surface area contributed by atoms with Gasteiger partial charge in [0, 0.05) is 19.1 Å². The van der Waals surface area contributed by atoms with Crippen molar-refractivity contribution in [1.29, 1.82) is 5.26 Å². The molecule has 1 unspecified atom stereocenters. The van der Waals surface area contributed by atoms with Crippen LogP contribution in [0.5, 0.6) is 0 Å². The highest BCUT2D eigenvalue weighted by molar-refractivity contribution is 9.10. The van der Waals surface area contributed by atoms with Gasteiger partial charge in [0.15, 0.2) is 6.19 Å². The van der Waals surface area contributed by atoms with Crippen molar-refractivity contribution in [2.24, 2.45) is 0 Å². The summed E-state index contributed by atoms with van der Waals surface area (Å²) in [6, 6.07) is -0.300. The minimum Gasteiger partial charge on any atom is -0.309 e. The molecule has 1 aromatic rings. The van der Waals surface area contributed by atoms with Crippen LogP contribution in [0, 0.1) is 11.5 Å². The molecule has 1 aliphatic heterocycles. The lowest BCUT2D eigenvalue weighted by molar-refractivity contribution is 0.470. The molecule has 1 N–H and O–H groups in total. The van der Waals surface area contributed by atoms with Crippen LogP contribution >= 0.6 is 50.5 Å². The molecule has 0 aliphatic carbocycles. The summed E-state index contributed by atoms with van der Waals surface area (Å²) in [6.07, 6.45) is 2.57. The van der Waals surface area contributed by atoms with Crippen molar-refractivity contribution in [2.75, 3.05) is 13.1 Å². The second-order valence-electron chi connectivity index (χ2n) is 3.95. The number of sulfonamides is 1. The molecule has 104 valence electrons. The third-order valence-corrected chi connectivity index (χ3v) is 7.63. The Bertz CT molecular complexity index is 641. The monoisotopic (exact) mass is 403 g/mol. The van der Waals surface area contributed by atoms with E-state index in [2.05, 4.69) is 20.7 Å². The van der Waals surface area contributed by atoms with Gasteiger partial charge < -0.3 is 4.90 Å². The van der Waals surface area contributed by atoms with E-state index in [4.69, 9.17) is 28.5 Å². The third-order valence-electron chi connectivity index (χ3n) is 2.65. The van der Waals surface area contributed by atoms with Crippen molar-refractivity contribution >= 4 is 60.5 Å². The van der Waals surface area contributed by atoms with E-state index in [9.17, 15) is 8.42 Å². The first-order valence-corrected chi connectivity index (χ1v) is 9.00. The zero-order valence-electron chi connectivity index (χ0n) is 9.36. The Morgan fingerprint density at radius 3 is 2.63 bits per heavy atom. The van der Waals surface area contributed by atoms with Gasteiger partial charge in [0.1, 0.15) is 13.6 Å². The van der Waals surface area contributed by atoms with Gasteiger partial charge in [-0.05, 0) is 22.4 Å². The standard InChI is InChI=1S/C9H8BrCl2N3O2S2/c10-6-7(9(12)18-8(6)11)19(16,17)14-5-1-2-15(3-5)4-13/h5,14H,1-3H2. The molecule has 2 rings (SSSR count). The number of halogens is 3. The van der Waals surface area contributed by atoms with E-state index in [0.29, 0.717) is 19.5 Å². The number of nitrogens with zero attached hydrogens (tertiary/aromatic N) is 2. The van der Waals surface area contributed by atoms with Crippen LogP contribution < -0.4 is 4.72 Å². The van der Waals surface area contributed by atoms with Crippen molar-refractivity contribution in [1.82, 2.24) is 9.62 Å². The average molecular weight is 405 g/mol. The van der Waals surface area contributed by atoms with Crippen LogP contribution in [0.3, 0.4) is 0 Å². The van der Waals surface area contributed by atoms with E-state index in [0.717, 1.165) is 11.3 Å². The van der Waals surface area contributed by atoms with Gasteiger partial charge >= 0.3 is 0 Å². The van der Waals surface area contributed by atoms with E-state index < -0.39 is 10.0 Å². The van der Waals surface area contributed by atoms with Crippen LogP contribution in [0.1, 0.15) is 6.42 Å². The molecule has 0 spiro atoms. The largest absolute Gasteiger partial charge is 0.309 e. The molecule has 1 atom stereocenters. The Balaban J connectivity index is 2.22. The predicted octanol–water partition coefficient (Wildman–Crippen LogP) is 2.65. The molecule has 1 aromatic heterocycles. The average Bonchev–Trinajstić information content (AvgIpc) is 2.84. The topological polar surface area (TPSA) is 73.2 Å². The number of hydrogen-bond donors (Lipinski definition) is 1. The van der Waals surface area contributed by atoms with E-state index >= 15 is 0 Å².